The number of rotatable bonds is 7. The van der Waals surface area contributed by atoms with Crippen LogP contribution in [0.15, 0.2) is 42.5 Å². The Morgan fingerprint density at radius 1 is 1.00 bits per heavy atom. The van der Waals surface area contributed by atoms with E-state index in [2.05, 4.69) is 6.07 Å². The molecule has 0 unspecified atom stereocenters. The van der Waals surface area contributed by atoms with Gasteiger partial charge in [0.05, 0.1) is 7.11 Å². The van der Waals surface area contributed by atoms with Crippen LogP contribution in [0.4, 0.5) is 0 Å². The predicted octanol–water partition coefficient (Wildman–Crippen LogP) is 4.20. The molecule has 0 saturated heterocycles. The Labute approximate surface area is 161 Å². The van der Waals surface area contributed by atoms with Crippen molar-refractivity contribution >= 4 is 11.7 Å². The Morgan fingerprint density at radius 2 is 1.78 bits per heavy atom. The van der Waals surface area contributed by atoms with Crippen LogP contribution in [0.1, 0.15) is 52.7 Å². The van der Waals surface area contributed by atoms with Gasteiger partial charge in [-0.1, -0.05) is 24.3 Å². The van der Waals surface area contributed by atoms with Gasteiger partial charge in [-0.2, -0.15) is 0 Å². The van der Waals surface area contributed by atoms with E-state index in [9.17, 15) is 9.59 Å². The van der Waals surface area contributed by atoms with Gasteiger partial charge in [-0.05, 0) is 60.6 Å². The second kappa shape index (κ2) is 8.85. The third-order valence-electron chi connectivity index (χ3n) is 5.22. The van der Waals surface area contributed by atoms with Crippen molar-refractivity contribution in [2.75, 3.05) is 14.2 Å². The van der Waals surface area contributed by atoms with Crippen molar-refractivity contribution < 1.29 is 14.3 Å². The quantitative estimate of drug-likeness (QED) is 0.691. The zero-order valence-corrected chi connectivity index (χ0v) is 16.2. The van der Waals surface area contributed by atoms with Crippen molar-refractivity contribution in [3.8, 4) is 5.75 Å². The van der Waals surface area contributed by atoms with Crippen molar-refractivity contribution in [1.29, 1.82) is 0 Å². The lowest BCUT2D eigenvalue weighted by Gasteiger charge is -2.18. The third-order valence-corrected chi connectivity index (χ3v) is 5.22. The lowest BCUT2D eigenvalue weighted by atomic mass is 9.89. The summed E-state index contributed by atoms with van der Waals surface area (Å²) >= 11 is 0. The maximum atomic E-state index is 12.5. The molecule has 142 valence electrons. The number of amides is 1. The van der Waals surface area contributed by atoms with E-state index >= 15 is 0 Å². The molecule has 1 amide bonds. The number of ketones is 1. The molecule has 0 aliphatic heterocycles. The Balaban J connectivity index is 1.54. The van der Waals surface area contributed by atoms with Crippen LogP contribution in [0, 0.1) is 0 Å². The van der Waals surface area contributed by atoms with Crippen molar-refractivity contribution in [2.45, 2.75) is 45.1 Å². The lowest BCUT2D eigenvalue weighted by Crippen LogP contribution is -2.26. The number of benzene rings is 2. The van der Waals surface area contributed by atoms with E-state index in [1.807, 2.05) is 36.4 Å². The SMILES string of the molecule is COc1cccc(CN(C)C(=O)CCC(=O)c2ccc3c(c2)CCCC3)c1. The van der Waals surface area contributed by atoms with Crippen LogP contribution in [0.3, 0.4) is 0 Å². The standard InChI is InChI=1S/C23H27NO3/c1-24(16-17-6-5-9-21(14-17)27-2)23(26)13-12-22(25)20-11-10-18-7-3-4-8-19(18)15-20/h5-6,9-11,14-15H,3-4,7-8,12-13,16H2,1-2H3. The molecule has 1 aliphatic rings. The van der Waals surface area contributed by atoms with Crippen molar-refractivity contribution in [3.63, 3.8) is 0 Å². The van der Waals surface area contributed by atoms with Gasteiger partial charge in [0.1, 0.15) is 5.75 Å². The minimum Gasteiger partial charge on any atom is -0.497 e. The highest BCUT2D eigenvalue weighted by atomic mass is 16.5. The van der Waals surface area contributed by atoms with Gasteiger partial charge < -0.3 is 9.64 Å². The number of hydrogen-bond donors (Lipinski definition) is 0. The Kier molecular flexibility index (Phi) is 6.28. The van der Waals surface area contributed by atoms with E-state index < -0.39 is 0 Å². The number of methoxy groups -OCH3 is 1. The topological polar surface area (TPSA) is 46.6 Å². The highest BCUT2D eigenvalue weighted by Gasteiger charge is 2.16. The molecule has 0 saturated carbocycles. The Morgan fingerprint density at radius 3 is 2.56 bits per heavy atom. The number of hydrogen-bond acceptors (Lipinski definition) is 3. The second-order valence-corrected chi connectivity index (χ2v) is 7.22. The highest BCUT2D eigenvalue weighted by Crippen LogP contribution is 2.23. The average molecular weight is 365 g/mol. The fraction of sp³-hybridized carbons (Fsp3) is 0.391. The third kappa shape index (κ3) is 4.97. The number of carbonyl (C=O) groups excluding carboxylic acids is 2. The minimum absolute atomic E-state index is 0.0240. The smallest absolute Gasteiger partial charge is 0.223 e. The molecule has 0 N–H and O–H groups in total. The lowest BCUT2D eigenvalue weighted by molar-refractivity contribution is -0.130. The molecular formula is C23H27NO3. The van der Waals surface area contributed by atoms with Crippen LogP contribution in [-0.4, -0.2) is 30.7 Å². The largest absolute Gasteiger partial charge is 0.497 e. The number of Topliss-reactive ketones (excluding diaryl/α,β-unsaturated/α-hetero) is 1. The van der Waals surface area contributed by atoms with Gasteiger partial charge in [0.25, 0.3) is 0 Å². The number of nitrogens with zero attached hydrogens (tertiary/aromatic N) is 1. The molecule has 0 fully saturated rings. The first-order valence-electron chi connectivity index (χ1n) is 9.58. The molecule has 2 aromatic rings. The van der Waals surface area contributed by atoms with Crippen molar-refractivity contribution in [2.24, 2.45) is 0 Å². The van der Waals surface area contributed by atoms with Crippen LogP contribution >= 0.6 is 0 Å². The van der Waals surface area contributed by atoms with Gasteiger partial charge in [-0.25, -0.2) is 0 Å². The maximum absolute atomic E-state index is 12.5. The average Bonchev–Trinajstić information content (AvgIpc) is 2.71. The van der Waals surface area contributed by atoms with Gasteiger partial charge in [-0.15, -0.1) is 0 Å². The fourth-order valence-corrected chi connectivity index (χ4v) is 3.60. The summed E-state index contributed by atoms with van der Waals surface area (Å²) in [6.07, 6.45) is 5.07. The molecule has 4 nitrogen and oxygen atoms in total. The van der Waals surface area contributed by atoms with Crippen LogP contribution in [0.5, 0.6) is 5.75 Å². The summed E-state index contributed by atoms with van der Waals surface area (Å²) in [5.41, 5.74) is 4.41. The minimum atomic E-state index is -0.0240. The van der Waals surface area contributed by atoms with E-state index in [4.69, 9.17) is 4.74 Å². The Hall–Kier alpha value is -2.62. The van der Waals surface area contributed by atoms with Crippen LogP contribution in [0.2, 0.25) is 0 Å². The van der Waals surface area contributed by atoms with E-state index in [-0.39, 0.29) is 24.5 Å². The Bertz CT molecular complexity index is 828. The zero-order valence-electron chi connectivity index (χ0n) is 16.2. The first kappa shape index (κ1) is 19.2. The van der Waals surface area contributed by atoms with Gasteiger partial charge in [0, 0.05) is 32.0 Å². The summed E-state index contributed by atoms with van der Waals surface area (Å²) in [5, 5.41) is 0. The molecule has 4 heteroatoms. The molecule has 1 aliphatic carbocycles. The normalized spacial score (nSPS) is 13.0. The molecule has 0 heterocycles. The number of fused-ring (bicyclic) bond motifs is 1. The summed E-state index contributed by atoms with van der Waals surface area (Å²) in [7, 11) is 3.39. The van der Waals surface area contributed by atoms with E-state index in [1.165, 1.54) is 24.0 Å². The summed E-state index contributed by atoms with van der Waals surface area (Å²) in [5.74, 6) is 0.798. The van der Waals surface area contributed by atoms with Crippen molar-refractivity contribution in [3.05, 3.63) is 64.7 Å². The molecule has 0 radical (unpaired) electrons. The summed E-state index contributed by atoms with van der Waals surface area (Å²) < 4.78 is 5.22. The van der Waals surface area contributed by atoms with E-state index in [0.717, 1.165) is 29.7 Å². The van der Waals surface area contributed by atoms with Gasteiger partial charge in [-0.3, -0.25) is 9.59 Å². The second-order valence-electron chi connectivity index (χ2n) is 7.22. The summed E-state index contributed by atoms with van der Waals surface area (Å²) in [4.78, 5) is 26.6. The van der Waals surface area contributed by atoms with Crippen LogP contribution in [0.25, 0.3) is 0 Å². The van der Waals surface area contributed by atoms with Crippen molar-refractivity contribution in [1.82, 2.24) is 4.90 Å². The number of carbonyl (C=O) groups is 2. The van der Waals surface area contributed by atoms with Gasteiger partial charge in [0.2, 0.25) is 5.91 Å². The highest BCUT2D eigenvalue weighted by molar-refractivity contribution is 5.98. The summed E-state index contributed by atoms with van der Waals surface area (Å²) in [6.45, 7) is 0.503. The number of ether oxygens (including phenoxy) is 1. The molecule has 0 atom stereocenters. The first-order chi connectivity index (χ1) is 13.1. The number of aryl methyl sites for hydroxylation is 2. The molecule has 3 rings (SSSR count). The molecule has 27 heavy (non-hydrogen) atoms. The summed E-state index contributed by atoms with van der Waals surface area (Å²) in [6, 6.07) is 13.7. The maximum Gasteiger partial charge on any atom is 0.223 e. The predicted molar refractivity (Wildman–Crippen MR) is 106 cm³/mol. The molecule has 0 spiro atoms. The first-order valence-corrected chi connectivity index (χ1v) is 9.58. The fourth-order valence-electron chi connectivity index (χ4n) is 3.60. The molecule has 2 aromatic carbocycles. The molecular weight excluding hydrogens is 338 g/mol. The monoisotopic (exact) mass is 365 g/mol. The zero-order chi connectivity index (χ0) is 19.2. The van der Waals surface area contributed by atoms with E-state index in [1.54, 1.807) is 19.1 Å². The molecule has 0 aromatic heterocycles. The van der Waals surface area contributed by atoms with Gasteiger partial charge >= 0.3 is 0 Å². The molecule has 0 bridgehead atoms. The van der Waals surface area contributed by atoms with Crippen LogP contribution < -0.4 is 4.74 Å². The van der Waals surface area contributed by atoms with E-state index in [0.29, 0.717) is 6.54 Å². The van der Waals surface area contributed by atoms with Crippen LogP contribution in [-0.2, 0) is 24.2 Å². The van der Waals surface area contributed by atoms with Gasteiger partial charge in [0.15, 0.2) is 5.78 Å².